The van der Waals surface area contributed by atoms with Gasteiger partial charge in [-0.1, -0.05) is 208 Å². The largest absolute Gasteiger partial charge is 0.858 e. The lowest BCUT2D eigenvalue weighted by molar-refractivity contribution is -0.903. The van der Waals surface area contributed by atoms with Crippen molar-refractivity contribution in [1.82, 2.24) is 0 Å². The number of sulfonamides is 1. The Bertz CT molecular complexity index is 1590. The number of fused-ring (bicyclic) bond motifs is 1. The summed E-state index contributed by atoms with van der Waals surface area (Å²) in [5.41, 5.74) is 3.08. The van der Waals surface area contributed by atoms with Crippen molar-refractivity contribution in [2.75, 3.05) is 41.3 Å². The molecule has 326 valence electrons. The van der Waals surface area contributed by atoms with Crippen molar-refractivity contribution in [3.8, 4) is 0 Å². The molecule has 0 aliphatic carbocycles. The minimum Gasteiger partial charge on any atom is -0.858 e. The van der Waals surface area contributed by atoms with E-state index in [4.69, 9.17) is 0 Å². The van der Waals surface area contributed by atoms with Crippen LogP contribution in [0.2, 0.25) is 0 Å². The third-order valence-corrected chi connectivity index (χ3v) is 12.6. The van der Waals surface area contributed by atoms with E-state index in [0.717, 1.165) is 22.1 Å². The maximum atomic E-state index is 11.1. The SMILES string of the molecule is CCCCCCCCCCCCCC[N+](C)(C)Cc1ccccc1.CCCCCCCCCCCC[N+](C)(C)Cc1ccccc1.O=S1(=O)N=C([O-])c2ccccc21. The predicted molar refractivity (Wildman–Crippen MR) is 247 cm³/mol. The van der Waals surface area contributed by atoms with E-state index < -0.39 is 15.9 Å². The minimum absolute atomic E-state index is 0.00926. The van der Waals surface area contributed by atoms with Gasteiger partial charge in [0.25, 0.3) is 10.0 Å². The van der Waals surface area contributed by atoms with Crippen molar-refractivity contribution in [2.45, 2.75) is 173 Å². The molecule has 3 aromatic rings. The molecule has 0 aromatic heterocycles. The standard InChI is InChI=1S/C23H42N.C21H38N.C7H5NO3S/c1-4-5-6-7-8-9-10-11-12-13-14-18-21-24(2,3)22-23-19-16-15-17-20-23;1-4-5-6-7-8-9-10-11-12-16-19-22(2,3)20-21-17-14-13-15-18-21;9-7-5-3-1-2-4-6(5)12(10,11)8-7/h15-17,19-20H,4-14,18,21-22H2,1-3H3;13-15,17-18H,4-12,16,19-20H2,1-3H3;1-4H,(H,8,9)/q2*+1;/p-1. The highest BCUT2D eigenvalue weighted by molar-refractivity contribution is 7.90. The lowest BCUT2D eigenvalue weighted by Crippen LogP contribution is -2.39. The highest BCUT2D eigenvalue weighted by Gasteiger charge is 2.23. The zero-order valence-corrected chi connectivity index (χ0v) is 38.8. The number of hydrogen-bond donors (Lipinski definition) is 0. The van der Waals surface area contributed by atoms with E-state index >= 15 is 0 Å². The Labute approximate surface area is 357 Å². The molecule has 6 nitrogen and oxygen atoms in total. The van der Waals surface area contributed by atoms with Gasteiger partial charge in [0.2, 0.25) is 0 Å². The summed E-state index contributed by atoms with van der Waals surface area (Å²) < 4.78 is 27.4. The average Bonchev–Trinajstić information content (AvgIpc) is 3.44. The van der Waals surface area contributed by atoms with Crippen molar-refractivity contribution in [2.24, 2.45) is 4.40 Å². The molecule has 0 bridgehead atoms. The summed E-state index contributed by atoms with van der Waals surface area (Å²) in [7, 11) is 5.78. The summed E-state index contributed by atoms with van der Waals surface area (Å²) in [6.45, 7) is 9.48. The molecule has 1 aliphatic rings. The molecular formula is C51H84N3O3S+. The summed E-state index contributed by atoms with van der Waals surface area (Å²) in [5, 5.41) is 10.9. The van der Waals surface area contributed by atoms with E-state index in [1.165, 1.54) is 178 Å². The second-order valence-corrected chi connectivity index (χ2v) is 19.6. The summed E-state index contributed by atoms with van der Waals surface area (Å²) in [4.78, 5) is 0.00926. The van der Waals surface area contributed by atoms with Gasteiger partial charge in [0, 0.05) is 22.6 Å². The highest BCUT2D eigenvalue weighted by Crippen LogP contribution is 2.23. The van der Waals surface area contributed by atoms with E-state index in [1.54, 1.807) is 12.1 Å². The number of rotatable bonds is 28. The molecular weight excluding hydrogens is 735 g/mol. The molecule has 0 radical (unpaired) electrons. The first-order chi connectivity index (χ1) is 27.9. The number of unbranched alkanes of at least 4 members (excludes halogenated alkanes) is 20. The highest BCUT2D eigenvalue weighted by atomic mass is 32.2. The molecule has 7 heteroatoms. The molecule has 4 rings (SSSR count). The van der Waals surface area contributed by atoms with Gasteiger partial charge in [-0.15, -0.1) is 0 Å². The van der Waals surface area contributed by atoms with Crippen molar-refractivity contribution < 1.29 is 22.5 Å². The van der Waals surface area contributed by atoms with Crippen LogP contribution >= 0.6 is 0 Å². The van der Waals surface area contributed by atoms with Crippen LogP contribution in [-0.4, -0.2) is 64.6 Å². The third kappa shape index (κ3) is 24.2. The number of hydrogen-bond acceptors (Lipinski definition) is 3. The van der Waals surface area contributed by atoms with Crippen LogP contribution in [0.5, 0.6) is 0 Å². The first-order valence-electron chi connectivity index (χ1n) is 23.2. The van der Waals surface area contributed by atoms with Crippen molar-refractivity contribution >= 4 is 15.9 Å². The lowest BCUT2D eigenvalue weighted by atomic mass is 10.1. The van der Waals surface area contributed by atoms with E-state index in [0.29, 0.717) is 0 Å². The maximum absolute atomic E-state index is 11.1. The number of nitrogens with zero attached hydrogens (tertiary/aromatic N) is 3. The van der Waals surface area contributed by atoms with E-state index in [2.05, 4.69) is 107 Å². The van der Waals surface area contributed by atoms with Gasteiger partial charge >= 0.3 is 0 Å². The zero-order chi connectivity index (χ0) is 42.4. The fourth-order valence-electron chi connectivity index (χ4n) is 7.80. The molecule has 0 saturated carbocycles. The Morgan fingerprint density at radius 1 is 0.448 bits per heavy atom. The predicted octanol–water partition coefficient (Wildman–Crippen LogP) is 12.6. The monoisotopic (exact) mass is 819 g/mol. The van der Waals surface area contributed by atoms with Gasteiger partial charge in [-0.05, 0) is 31.7 Å². The molecule has 0 N–H and O–H groups in total. The first kappa shape index (κ1) is 51.1. The third-order valence-electron chi connectivity index (χ3n) is 11.2. The molecule has 1 aliphatic heterocycles. The van der Waals surface area contributed by atoms with Crippen molar-refractivity contribution in [1.29, 1.82) is 0 Å². The fraction of sp³-hybridized carbons (Fsp3) is 0.627. The second-order valence-electron chi connectivity index (χ2n) is 18.0. The van der Waals surface area contributed by atoms with Crippen LogP contribution in [0.1, 0.15) is 172 Å². The van der Waals surface area contributed by atoms with Crippen LogP contribution in [-0.2, 0) is 23.1 Å². The molecule has 0 saturated heterocycles. The average molecular weight is 819 g/mol. The topological polar surface area (TPSA) is 69.6 Å². The van der Waals surface area contributed by atoms with E-state index in [-0.39, 0.29) is 10.5 Å². The molecule has 0 amide bonds. The van der Waals surface area contributed by atoms with Crippen LogP contribution in [0.3, 0.4) is 0 Å². The van der Waals surface area contributed by atoms with Crippen LogP contribution in [0, 0.1) is 0 Å². The van der Waals surface area contributed by atoms with Gasteiger partial charge in [-0.2, -0.15) is 12.8 Å². The van der Waals surface area contributed by atoms with Crippen LogP contribution in [0.4, 0.5) is 0 Å². The van der Waals surface area contributed by atoms with Crippen LogP contribution in [0.15, 0.2) is 94.2 Å². The van der Waals surface area contributed by atoms with E-state index in [9.17, 15) is 13.5 Å². The van der Waals surface area contributed by atoms with Crippen LogP contribution in [0.25, 0.3) is 0 Å². The second kappa shape index (κ2) is 30.1. The Kier molecular flexibility index (Phi) is 26.5. The van der Waals surface area contributed by atoms with Gasteiger partial charge in [-0.3, -0.25) is 0 Å². The summed E-state index contributed by atoms with van der Waals surface area (Å²) >= 11 is 0. The smallest absolute Gasteiger partial charge is 0.282 e. The number of benzene rings is 3. The van der Waals surface area contributed by atoms with Gasteiger partial charge in [0.1, 0.15) is 13.1 Å². The van der Waals surface area contributed by atoms with Crippen molar-refractivity contribution in [3.05, 3.63) is 102 Å². The van der Waals surface area contributed by atoms with Gasteiger partial charge in [0.05, 0.1) is 46.2 Å². The summed E-state index contributed by atoms with van der Waals surface area (Å²) in [5.74, 6) is -0.675. The Morgan fingerprint density at radius 2 is 0.759 bits per heavy atom. The van der Waals surface area contributed by atoms with E-state index in [1.807, 2.05) is 0 Å². The normalized spacial score (nSPS) is 13.2. The maximum Gasteiger partial charge on any atom is 0.282 e. The Hall–Kier alpha value is -3.00. The minimum atomic E-state index is -3.68. The molecule has 3 aromatic carbocycles. The fourth-order valence-corrected chi connectivity index (χ4v) is 8.90. The summed E-state index contributed by atoms with van der Waals surface area (Å²) in [6.07, 6.45) is 31.4. The number of quaternary nitrogens is 2. The quantitative estimate of drug-likeness (QED) is 0.0541. The molecule has 58 heavy (non-hydrogen) atoms. The molecule has 0 unspecified atom stereocenters. The molecule has 0 atom stereocenters. The van der Waals surface area contributed by atoms with Gasteiger partial charge in [-0.25, -0.2) is 0 Å². The molecule has 0 fully saturated rings. The van der Waals surface area contributed by atoms with Gasteiger partial charge in [0.15, 0.2) is 0 Å². The van der Waals surface area contributed by atoms with Crippen molar-refractivity contribution in [3.63, 3.8) is 0 Å². The van der Waals surface area contributed by atoms with Gasteiger partial charge < -0.3 is 14.1 Å². The Balaban J connectivity index is 0.000000315. The summed E-state index contributed by atoms with van der Waals surface area (Å²) in [6, 6.07) is 27.8. The first-order valence-corrected chi connectivity index (χ1v) is 24.7. The Morgan fingerprint density at radius 3 is 1.10 bits per heavy atom. The lowest BCUT2D eigenvalue weighted by Gasteiger charge is -2.30. The van der Waals surface area contributed by atoms with Crippen LogP contribution < -0.4 is 5.11 Å². The zero-order valence-electron chi connectivity index (χ0n) is 37.9. The molecule has 1 heterocycles. The molecule has 0 spiro atoms.